The summed E-state index contributed by atoms with van der Waals surface area (Å²) in [5.74, 6) is 0.694. The maximum Gasteiger partial charge on any atom is 0.136 e. The molecule has 4 N–H and O–H groups in total. The van der Waals surface area contributed by atoms with E-state index in [1.54, 1.807) is 12.1 Å². The van der Waals surface area contributed by atoms with Crippen LogP contribution in [0.3, 0.4) is 0 Å². The van der Waals surface area contributed by atoms with Crippen LogP contribution in [0.1, 0.15) is 44.9 Å². The van der Waals surface area contributed by atoms with Crippen LogP contribution >= 0.6 is 12.8 Å². The third-order valence-corrected chi connectivity index (χ3v) is 6.89. The Hall–Kier alpha value is -2.35. The molecule has 184 valence electrons. The lowest BCUT2D eigenvalue weighted by Crippen LogP contribution is -2.25. The molecule has 3 aromatic rings. The molecule has 7 heteroatoms. The van der Waals surface area contributed by atoms with Crippen LogP contribution in [0.5, 0.6) is 0 Å². The molecule has 0 fully saturated rings. The molecule has 0 aliphatic heterocycles. The molecule has 0 radical (unpaired) electrons. The van der Waals surface area contributed by atoms with Crippen LogP contribution in [-0.4, -0.2) is 29.5 Å². The van der Waals surface area contributed by atoms with Crippen LogP contribution < -0.4 is 15.8 Å². The van der Waals surface area contributed by atoms with Crippen molar-refractivity contribution in [2.24, 2.45) is 17.6 Å². The standard InChI is InChI=1S/C27H38FN5S/c1-18(2)25(16-32-34)22(19(3)30-4)7-5-9-24-23(8-6-10-26(24)28)20-11-12-27-31-15-21(13-14-29)33(27)17-20/h6,8,10-12,15,17-18,25,30,32,34H,5,7,9,13-14,16,29H2,1-4H3/b22-19-. The average Bonchev–Trinajstić information content (AvgIpc) is 3.23. The van der Waals surface area contributed by atoms with E-state index in [0.717, 1.165) is 53.8 Å². The van der Waals surface area contributed by atoms with Crippen LogP contribution in [0.4, 0.5) is 4.39 Å². The summed E-state index contributed by atoms with van der Waals surface area (Å²) in [4.78, 5) is 4.46. The second-order valence-electron chi connectivity index (χ2n) is 9.17. The van der Waals surface area contributed by atoms with Crippen molar-refractivity contribution in [3.63, 3.8) is 0 Å². The fourth-order valence-electron chi connectivity index (χ4n) is 4.73. The van der Waals surface area contributed by atoms with E-state index in [1.807, 2.05) is 31.4 Å². The van der Waals surface area contributed by atoms with E-state index >= 15 is 4.39 Å². The smallest absolute Gasteiger partial charge is 0.136 e. The van der Waals surface area contributed by atoms with Crippen molar-refractivity contribution in [1.82, 2.24) is 19.4 Å². The van der Waals surface area contributed by atoms with Crippen molar-refractivity contribution in [2.75, 3.05) is 20.1 Å². The van der Waals surface area contributed by atoms with Crippen molar-refractivity contribution in [2.45, 2.75) is 46.5 Å². The lowest BCUT2D eigenvalue weighted by atomic mass is 9.83. The lowest BCUT2D eigenvalue weighted by molar-refractivity contribution is 0.423. The summed E-state index contributed by atoms with van der Waals surface area (Å²) in [5, 5.41) is 3.32. The average molecular weight is 484 g/mol. The van der Waals surface area contributed by atoms with Gasteiger partial charge in [-0.3, -0.25) is 4.72 Å². The van der Waals surface area contributed by atoms with Gasteiger partial charge in [0.1, 0.15) is 11.5 Å². The van der Waals surface area contributed by atoms with Gasteiger partial charge in [-0.2, -0.15) is 0 Å². The SMILES string of the molecule is CN/C(C)=C(/CCCc1c(F)cccc1-c1ccc2ncc(CCN)n2c1)C(CNS)C(C)C. The summed E-state index contributed by atoms with van der Waals surface area (Å²) in [6, 6.07) is 9.37. The molecule has 0 bridgehead atoms. The van der Waals surface area contributed by atoms with Gasteiger partial charge in [-0.25, -0.2) is 9.37 Å². The van der Waals surface area contributed by atoms with E-state index in [9.17, 15) is 0 Å². The first kappa shape index (κ1) is 26.3. The molecule has 0 saturated carbocycles. The number of nitrogens with two attached hydrogens (primary N) is 1. The van der Waals surface area contributed by atoms with E-state index in [1.165, 1.54) is 11.3 Å². The third kappa shape index (κ3) is 6.01. The molecule has 0 aliphatic rings. The van der Waals surface area contributed by atoms with Crippen LogP contribution in [-0.2, 0) is 12.8 Å². The van der Waals surface area contributed by atoms with Gasteiger partial charge in [0.15, 0.2) is 0 Å². The zero-order chi connectivity index (χ0) is 24.7. The van der Waals surface area contributed by atoms with Gasteiger partial charge in [-0.05, 0) is 85.0 Å². The first-order chi connectivity index (χ1) is 16.4. The van der Waals surface area contributed by atoms with Crippen molar-refractivity contribution in [3.8, 4) is 11.1 Å². The lowest BCUT2D eigenvalue weighted by Gasteiger charge is -2.26. The van der Waals surface area contributed by atoms with Crippen LogP contribution in [0.15, 0.2) is 54.0 Å². The summed E-state index contributed by atoms with van der Waals surface area (Å²) >= 11 is 4.25. The molecule has 2 heterocycles. The Morgan fingerprint density at radius 1 is 1.21 bits per heavy atom. The Labute approximate surface area is 208 Å². The van der Waals surface area contributed by atoms with Gasteiger partial charge in [0.05, 0.1) is 0 Å². The number of fused-ring (bicyclic) bond motifs is 1. The number of allylic oxidation sites excluding steroid dienone is 1. The number of rotatable bonds is 12. The number of halogens is 1. The molecular formula is C27H38FN5S. The third-order valence-electron chi connectivity index (χ3n) is 6.71. The molecule has 0 amide bonds. The molecule has 0 spiro atoms. The first-order valence-electron chi connectivity index (χ1n) is 12.1. The molecule has 1 unspecified atom stereocenters. The molecule has 1 atom stereocenters. The highest BCUT2D eigenvalue weighted by molar-refractivity contribution is 7.78. The van der Waals surface area contributed by atoms with E-state index in [-0.39, 0.29) is 5.82 Å². The Balaban J connectivity index is 1.88. The highest BCUT2D eigenvalue weighted by Gasteiger charge is 2.20. The van der Waals surface area contributed by atoms with Gasteiger partial charge >= 0.3 is 0 Å². The summed E-state index contributed by atoms with van der Waals surface area (Å²) in [7, 11) is 1.96. The molecule has 0 aliphatic carbocycles. The number of pyridine rings is 1. The highest BCUT2D eigenvalue weighted by Crippen LogP contribution is 2.31. The minimum Gasteiger partial charge on any atom is -0.392 e. The number of nitrogens with one attached hydrogen (secondary N) is 2. The minimum atomic E-state index is -0.154. The Morgan fingerprint density at radius 2 is 2.00 bits per heavy atom. The van der Waals surface area contributed by atoms with E-state index < -0.39 is 0 Å². The van der Waals surface area contributed by atoms with Gasteiger partial charge in [-0.1, -0.05) is 38.8 Å². The predicted molar refractivity (Wildman–Crippen MR) is 143 cm³/mol. The highest BCUT2D eigenvalue weighted by atomic mass is 32.1. The molecule has 2 aromatic heterocycles. The largest absolute Gasteiger partial charge is 0.392 e. The summed E-state index contributed by atoms with van der Waals surface area (Å²) in [6.45, 7) is 7.95. The number of hydrogen-bond donors (Lipinski definition) is 4. The maximum atomic E-state index is 15.1. The topological polar surface area (TPSA) is 67.4 Å². The van der Waals surface area contributed by atoms with Gasteiger partial charge < -0.3 is 15.5 Å². The second kappa shape index (κ2) is 12.4. The number of nitrogens with zero attached hydrogens (tertiary/aromatic N) is 2. The van der Waals surface area contributed by atoms with E-state index in [2.05, 4.69) is 59.2 Å². The summed E-state index contributed by atoms with van der Waals surface area (Å²) in [6.07, 6.45) is 7.10. The molecule has 34 heavy (non-hydrogen) atoms. The molecule has 3 rings (SSSR count). The number of hydrogen-bond acceptors (Lipinski definition) is 5. The number of thiol groups is 1. The van der Waals surface area contributed by atoms with Gasteiger partial charge in [-0.15, -0.1) is 0 Å². The first-order valence-corrected chi connectivity index (χ1v) is 12.5. The summed E-state index contributed by atoms with van der Waals surface area (Å²) < 4.78 is 20.2. The Morgan fingerprint density at radius 3 is 2.68 bits per heavy atom. The normalized spacial score (nSPS) is 13.4. The fraction of sp³-hybridized carbons (Fsp3) is 0.444. The zero-order valence-electron chi connectivity index (χ0n) is 20.7. The Bertz CT molecular complexity index is 1120. The monoisotopic (exact) mass is 483 g/mol. The van der Waals surface area contributed by atoms with Crippen LogP contribution in [0.25, 0.3) is 16.8 Å². The predicted octanol–water partition coefficient (Wildman–Crippen LogP) is 5.16. The summed E-state index contributed by atoms with van der Waals surface area (Å²) in [5.41, 5.74) is 13.0. The number of benzene rings is 1. The number of aromatic nitrogens is 2. The zero-order valence-corrected chi connectivity index (χ0v) is 21.6. The molecule has 0 saturated heterocycles. The Kier molecular flexibility index (Phi) is 9.56. The number of imidazole rings is 1. The second-order valence-corrected chi connectivity index (χ2v) is 9.48. The van der Waals surface area contributed by atoms with Gasteiger partial charge in [0.25, 0.3) is 0 Å². The van der Waals surface area contributed by atoms with Crippen molar-refractivity contribution in [1.29, 1.82) is 0 Å². The van der Waals surface area contributed by atoms with Crippen LogP contribution in [0, 0.1) is 17.7 Å². The molecule has 5 nitrogen and oxygen atoms in total. The van der Waals surface area contributed by atoms with Gasteiger partial charge in [0, 0.05) is 43.8 Å². The van der Waals surface area contributed by atoms with E-state index in [4.69, 9.17) is 5.73 Å². The minimum absolute atomic E-state index is 0.154. The van der Waals surface area contributed by atoms with Gasteiger partial charge in [0.2, 0.25) is 0 Å². The fourth-order valence-corrected chi connectivity index (χ4v) is 4.93. The van der Waals surface area contributed by atoms with Crippen LogP contribution in [0.2, 0.25) is 0 Å². The quantitative estimate of drug-likeness (QED) is 0.269. The molecular weight excluding hydrogens is 445 g/mol. The van der Waals surface area contributed by atoms with Crippen molar-refractivity contribution < 1.29 is 4.39 Å². The van der Waals surface area contributed by atoms with Crippen molar-refractivity contribution in [3.05, 3.63) is 71.1 Å². The van der Waals surface area contributed by atoms with E-state index in [0.29, 0.717) is 24.8 Å². The van der Waals surface area contributed by atoms with Crippen molar-refractivity contribution >= 4 is 18.5 Å². The maximum absolute atomic E-state index is 15.1. The molecule has 1 aromatic carbocycles.